The zero-order valence-electron chi connectivity index (χ0n) is 18.8. The van der Waals surface area contributed by atoms with Crippen LogP contribution in [0.15, 0.2) is 41.8 Å². The van der Waals surface area contributed by atoms with E-state index in [9.17, 15) is 4.79 Å². The summed E-state index contributed by atoms with van der Waals surface area (Å²) in [7, 11) is 0. The summed E-state index contributed by atoms with van der Waals surface area (Å²) in [5, 5.41) is 3.20. The van der Waals surface area contributed by atoms with Crippen molar-refractivity contribution in [3.8, 4) is 10.6 Å². The van der Waals surface area contributed by atoms with E-state index in [0.29, 0.717) is 13.1 Å². The van der Waals surface area contributed by atoms with Gasteiger partial charge in [0.05, 0.1) is 22.2 Å². The third kappa shape index (κ3) is 4.99. The van der Waals surface area contributed by atoms with Crippen LogP contribution < -0.4 is 0 Å². The summed E-state index contributed by atoms with van der Waals surface area (Å²) >= 11 is 1.70. The molecule has 1 aliphatic rings. The van der Waals surface area contributed by atoms with Crippen molar-refractivity contribution in [2.75, 3.05) is 13.2 Å². The summed E-state index contributed by atoms with van der Waals surface area (Å²) in [6.07, 6.45) is 3.98. The maximum Gasteiger partial charge on any atom is 0.226 e. The predicted molar refractivity (Wildman–Crippen MR) is 128 cm³/mol. The first-order valence-electron chi connectivity index (χ1n) is 11.4. The smallest absolute Gasteiger partial charge is 0.226 e. The molecule has 1 saturated heterocycles. The molecule has 2 aromatic heterocycles. The first-order chi connectivity index (χ1) is 15.1. The lowest BCUT2D eigenvalue weighted by Gasteiger charge is -2.29. The molecule has 1 fully saturated rings. The molecule has 0 radical (unpaired) electrons. The Bertz CT molecular complexity index is 1020. The van der Waals surface area contributed by atoms with Crippen molar-refractivity contribution in [2.24, 2.45) is 5.92 Å². The Morgan fingerprint density at radius 2 is 2.10 bits per heavy atom. The average molecular weight is 437 g/mol. The van der Waals surface area contributed by atoms with Gasteiger partial charge in [0.15, 0.2) is 0 Å². The van der Waals surface area contributed by atoms with Crippen LogP contribution in [-0.2, 0) is 16.1 Å². The fourth-order valence-electron chi connectivity index (χ4n) is 4.44. The highest BCUT2D eigenvalue weighted by Crippen LogP contribution is 2.31. The van der Waals surface area contributed by atoms with Crippen LogP contribution in [0.3, 0.4) is 0 Å². The van der Waals surface area contributed by atoms with Crippen molar-refractivity contribution >= 4 is 28.1 Å². The molecule has 4 nitrogen and oxygen atoms in total. The third-order valence-electron chi connectivity index (χ3n) is 6.26. The minimum atomic E-state index is 0.0580. The minimum absolute atomic E-state index is 0.0580. The van der Waals surface area contributed by atoms with Gasteiger partial charge in [-0.3, -0.25) is 4.79 Å². The van der Waals surface area contributed by atoms with Gasteiger partial charge in [0.25, 0.3) is 0 Å². The molecule has 0 bridgehead atoms. The highest BCUT2D eigenvalue weighted by Gasteiger charge is 2.27. The lowest BCUT2D eigenvalue weighted by atomic mass is 10.00. The van der Waals surface area contributed by atoms with Crippen LogP contribution in [0.2, 0.25) is 0 Å². The molecule has 0 unspecified atom stereocenters. The number of hydrogen-bond donors (Lipinski definition) is 0. The Balaban J connectivity index is 1.73. The summed E-state index contributed by atoms with van der Waals surface area (Å²) in [5.41, 5.74) is 4.30. The molecule has 5 heteroatoms. The number of rotatable bonds is 8. The van der Waals surface area contributed by atoms with E-state index in [4.69, 9.17) is 9.72 Å². The number of fused-ring (bicyclic) bond motifs is 1. The molecule has 0 aliphatic carbocycles. The molecule has 1 aliphatic heterocycles. The zero-order valence-corrected chi connectivity index (χ0v) is 19.6. The number of amides is 1. The third-order valence-corrected chi connectivity index (χ3v) is 7.14. The van der Waals surface area contributed by atoms with Crippen molar-refractivity contribution in [1.82, 2.24) is 9.88 Å². The van der Waals surface area contributed by atoms with Gasteiger partial charge >= 0.3 is 0 Å². The molecule has 3 heterocycles. The van der Waals surface area contributed by atoms with Crippen molar-refractivity contribution in [3.63, 3.8) is 0 Å². The zero-order chi connectivity index (χ0) is 21.8. The molecule has 4 rings (SSSR count). The number of nitrogens with zero attached hydrogens (tertiary/aromatic N) is 2. The summed E-state index contributed by atoms with van der Waals surface area (Å²) in [4.78, 5) is 21.7. The first kappa shape index (κ1) is 22.0. The number of ether oxygens (including phenoxy) is 1. The van der Waals surface area contributed by atoms with Crippen molar-refractivity contribution in [2.45, 2.75) is 59.1 Å². The van der Waals surface area contributed by atoms with E-state index in [-0.39, 0.29) is 17.9 Å². The van der Waals surface area contributed by atoms with Gasteiger partial charge < -0.3 is 9.64 Å². The molecular weight excluding hydrogens is 404 g/mol. The molecule has 1 amide bonds. The average Bonchev–Trinajstić information content (AvgIpc) is 3.48. The first-order valence-corrected chi connectivity index (χ1v) is 12.3. The van der Waals surface area contributed by atoms with Gasteiger partial charge in [0.1, 0.15) is 0 Å². The lowest BCUT2D eigenvalue weighted by molar-refractivity contribution is -0.138. The number of aromatic nitrogens is 1. The quantitative estimate of drug-likeness (QED) is 0.421. The monoisotopic (exact) mass is 436 g/mol. The predicted octanol–water partition coefficient (Wildman–Crippen LogP) is 6.22. The van der Waals surface area contributed by atoms with Gasteiger partial charge in [-0.1, -0.05) is 32.0 Å². The fraction of sp³-hybridized carbons (Fsp3) is 0.462. The highest BCUT2D eigenvalue weighted by atomic mass is 32.1. The van der Waals surface area contributed by atoms with Gasteiger partial charge in [-0.2, -0.15) is 0 Å². The number of benzene rings is 1. The Morgan fingerprint density at radius 3 is 2.77 bits per heavy atom. The molecule has 0 saturated carbocycles. The van der Waals surface area contributed by atoms with E-state index >= 15 is 0 Å². The van der Waals surface area contributed by atoms with E-state index in [0.717, 1.165) is 59.3 Å². The van der Waals surface area contributed by atoms with Crippen LogP contribution in [0.4, 0.5) is 0 Å². The van der Waals surface area contributed by atoms with Gasteiger partial charge in [-0.05, 0) is 67.3 Å². The lowest BCUT2D eigenvalue weighted by Crippen LogP contribution is -2.40. The van der Waals surface area contributed by atoms with E-state index in [1.54, 1.807) is 11.3 Å². The van der Waals surface area contributed by atoms with Crippen molar-refractivity contribution < 1.29 is 9.53 Å². The van der Waals surface area contributed by atoms with Crippen LogP contribution in [0.25, 0.3) is 21.5 Å². The molecule has 1 atom stereocenters. The molecule has 1 aromatic carbocycles. The van der Waals surface area contributed by atoms with Crippen molar-refractivity contribution in [3.05, 3.63) is 52.9 Å². The maximum absolute atomic E-state index is 13.5. The summed E-state index contributed by atoms with van der Waals surface area (Å²) in [6.45, 7) is 8.33. The second kappa shape index (κ2) is 9.92. The second-order valence-corrected chi connectivity index (χ2v) is 9.48. The van der Waals surface area contributed by atoms with E-state index < -0.39 is 0 Å². The fourth-order valence-corrected chi connectivity index (χ4v) is 5.19. The van der Waals surface area contributed by atoms with Crippen molar-refractivity contribution in [1.29, 1.82) is 0 Å². The molecule has 3 aromatic rings. The topological polar surface area (TPSA) is 42.4 Å². The Morgan fingerprint density at radius 1 is 1.26 bits per heavy atom. The van der Waals surface area contributed by atoms with E-state index in [1.807, 2.05) is 4.90 Å². The summed E-state index contributed by atoms with van der Waals surface area (Å²) in [6, 6.07) is 12.8. The molecule has 31 heavy (non-hydrogen) atoms. The van der Waals surface area contributed by atoms with E-state index in [1.165, 1.54) is 5.56 Å². The highest BCUT2D eigenvalue weighted by molar-refractivity contribution is 7.13. The van der Waals surface area contributed by atoms with E-state index in [2.05, 4.69) is 62.5 Å². The van der Waals surface area contributed by atoms with Crippen LogP contribution in [0, 0.1) is 12.8 Å². The number of aryl methyl sites for hydroxylation is 1. The molecular formula is C26H32N2O2S. The van der Waals surface area contributed by atoms with Gasteiger partial charge in [-0.25, -0.2) is 4.98 Å². The normalized spacial score (nSPS) is 16.3. The largest absolute Gasteiger partial charge is 0.376 e. The van der Waals surface area contributed by atoms with Gasteiger partial charge in [0, 0.05) is 31.0 Å². The Kier molecular flexibility index (Phi) is 7.03. The van der Waals surface area contributed by atoms with Crippen LogP contribution in [0.5, 0.6) is 0 Å². The number of carbonyl (C=O) groups excluding carboxylic acids is 1. The maximum atomic E-state index is 13.5. The summed E-state index contributed by atoms with van der Waals surface area (Å²) < 4.78 is 5.90. The second-order valence-electron chi connectivity index (χ2n) is 8.54. The molecule has 0 N–H and O–H groups in total. The standard InChI is InChI=1S/C26H32N2O2S/c1-4-19(5-2)26(29)28(17-22-8-6-12-30-22)16-21-15-20-11-10-18(3)14-23(20)27-25(21)24-9-7-13-31-24/h7,9-11,13-15,19,22H,4-6,8,12,16-17H2,1-3H3/t22-/m0/s1. The molecule has 0 spiro atoms. The number of pyridine rings is 1. The van der Waals surface area contributed by atoms with Crippen LogP contribution in [0.1, 0.15) is 50.7 Å². The number of hydrogen-bond acceptors (Lipinski definition) is 4. The van der Waals surface area contributed by atoms with Gasteiger partial charge in [-0.15, -0.1) is 11.3 Å². The Labute approximate surface area is 189 Å². The number of thiophene rings is 1. The Hall–Kier alpha value is -2.24. The van der Waals surface area contributed by atoms with Crippen LogP contribution in [-0.4, -0.2) is 35.0 Å². The summed E-state index contributed by atoms with van der Waals surface area (Å²) in [5.74, 6) is 0.296. The SMILES string of the molecule is CCC(CC)C(=O)N(Cc1cc2ccc(C)cc2nc1-c1cccs1)C[C@@H]1CCCO1. The van der Waals surface area contributed by atoms with Gasteiger partial charge in [0.2, 0.25) is 5.91 Å². The minimum Gasteiger partial charge on any atom is -0.376 e. The van der Waals surface area contributed by atoms with Crippen LogP contribution >= 0.6 is 11.3 Å². The molecule has 164 valence electrons. The number of carbonyl (C=O) groups is 1.